The van der Waals surface area contributed by atoms with Crippen LogP contribution in [0.4, 0.5) is 0 Å². The minimum Gasteiger partial charge on any atom is -0.373 e. The number of ether oxygens (including phenoxy) is 1. The molecule has 160 valence electrons. The average Bonchev–Trinajstić information content (AvgIpc) is 3.31. The van der Waals surface area contributed by atoms with Crippen molar-refractivity contribution in [1.29, 1.82) is 0 Å². The van der Waals surface area contributed by atoms with Crippen LogP contribution in [0.3, 0.4) is 0 Å². The first-order chi connectivity index (χ1) is 13.3. The Morgan fingerprint density at radius 3 is 2.64 bits per heavy atom. The molecule has 28 heavy (non-hydrogen) atoms. The lowest BCUT2D eigenvalue weighted by molar-refractivity contribution is 0.0283. The number of sulfonamides is 1. The van der Waals surface area contributed by atoms with Crippen molar-refractivity contribution in [3.05, 3.63) is 17.0 Å². The molecule has 1 aromatic heterocycles. The van der Waals surface area contributed by atoms with Crippen molar-refractivity contribution < 1.29 is 13.2 Å². The van der Waals surface area contributed by atoms with Gasteiger partial charge in [-0.05, 0) is 45.2 Å². The van der Waals surface area contributed by atoms with Gasteiger partial charge in [0, 0.05) is 37.7 Å². The van der Waals surface area contributed by atoms with E-state index in [1.54, 1.807) is 6.07 Å². The first kappa shape index (κ1) is 23.1. The van der Waals surface area contributed by atoms with Crippen molar-refractivity contribution in [1.82, 2.24) is 14.9 Å². The molecule has 0 bridgehead atoms. The molecule has 0 aliphatic carbocycles. The zero-order valence-electron chi connectivity index (χ0n) is 17.5. The lowest BCUT2D eigenvalue weighted by Gasteiger charge is -2.21. The summed E-state index contributed by atoms with van der Waals surface area (Å²) < 4.78 is 32.9. The van der Waals surface area contributed by atoms with Gasteiger partial charge in [-0.15, -0.1) is 11.3 Å². The van der Waals surface area contributed by atoms with E-state index in [-0.39, 0.29) is 5.60 Å². The first-order valence-electron chi connectivity index (χ1n) is 10.1. The number of nitrogens with zero attached hydrogens (tertiary/aromatic N) is 2. The van der Waals surface area contributed by atoms with E-state index in [9.17, 15) is 8.42 Å². The van der Waals surface area contributed by atoms with E-state index in [0.29, 0.717) is 30.4 Å². The van der Waals surface area contributed by atoms with Crippen molar-refractivity contribution in [3.63, 3.8) is 0 Å². The smallest absolute Gasteiger partial charge is 0.252 e. The van der Waals surface area contributed by atoms with Crippen molar-refractivity contribution in [2.45, 2.75) is 56.8 Å². The Kier molecular flexibility index (Phi) is 8.73. The molecule has 1 aliphatic rings. The largest absolute Gasteiger partial charge is 0.373 e. The summed E-state index contributed by atoms with van der Waals surface area (Å²) in [4.78, 5) is 5.70. The second kappa shape index (κ2) is 10.6. The van der Waals surface area contributed by atoms with Crippen molar-refractivity contribution in [2.75, 3.05) is 39.3 Å². The molecule has 2 N–H and O–H groups in total. The number of nitrogens with one attached hydrogen (secondary N) is 2. The van der Waals surface area contributed by atoms with Crippen LogP contribution in [0.5, 0.6) is 0 Å². The van der Waals surface area contributed by atoms with Crippen LogP contribution in [0.25, 0.3) is 0 Å². The van der Waals surface area contributed by atoms with E-state index in [0.717, 1.165) is 43.3 Å². The SMILES string of the molecule is CCNC(=NCC1(C)CCCO1)NCCc1ccc(S(=O)(=O)N(CC)CC)s1. The van der Waals surface area contributed by atoms with Gasteiger partial charge in [-0.1, -0.05) is 13.8 Å². The van der Waals surface area contributed by atoms with Crippen LogP contribution in [0.15, 0.2) is 21.3 Å². The number of thiophene rings is 1. The summed E-state index contributed by atoms with van der Waals surface area (Å²) in [5.74, 6) is 0.770. The van der Waals surface area contributed by atoms with E-state index in [4.69, 9.17) is 4.74 Å². The summed E-state index contributed by atoms with van der Waals surface area (Å²) in [6.45, 7) is 11.8. The third-order valence-electron chi connectivity index (χ3n) is 4.82. The molecule has 1 aliphatic heterocycles. The van der Waals surface area contributed by atoms with Gasteiger partial charge < -0.3 is 15.4 Å². The standard InChI is InChI=1S/C19H34N4O3S2/c1-5-20-18(22-15-19(4)12-8-14-26-19)21-13-11-16-9-10-17(27-16)28(24,25)23(6-2)7-3/h9-10H,5-8,11-15H2,1-4H3,(H2,20,21,22). The maximum absolute atomic E-state index is 12.6. The van der Waals surface area contributed by atoms with Crippen LogP contribution < -0.4 is 10.6 Å². The summed E-state index contributed by atoms with van der Waals surface area (Å²) in [5, 5.41) is 6.59. The van der Waals surface area contributed by atoms with Crippen LogP contribution in [0.1, 0.15) is 45.4 Å². The van der Waals surface area contributed by atoms with Gasteiger partial charge in [-0.3, -0.25) is 4.99 Å². The Balaban J connectivity index is 1.91. The van der Waals surface area contributed by atoms with Crippen molar-refractivity contribution >= 4 is 27.3 Å². The van der Waals surface area contributed by atoms with Crippen LogP contribution in [-0.2, 0) is 21.2 Å². The third-order valence-corrected chi connectivity index (χ3v) is 8.48. The van der Waals surface area contributed by atoms with Gasteiger partial charge in [0.25, 0.3) is 10.0 Å². The summed E-state index contributed by atoms with van der Waals surface area (Å²) in [6, 6.07) is 3.62. The monoisotopic (exact) mass is 430 g/mol. The summed E-state index contributed by atoms with van der Waals surface area (Å²) in [7, 11) is -3.37. The Morgan fingerprint density at radius 1 is 1.29 bits per heavy atom. The fourth-order valence-corrected chi connectivity index (χ4v) is 6.14. The molecule has 2 rings (SSSR count). The fourth-order valence-electron chi connectivity index (χ4n) is 3.18. The zero-order valence-corrected chi connectivity index (χ0v) is 19.1. The van der Waals surface area contributed by atoms with E-state index in [1.165, 1.54) is 15.6 Å². The normalized spacial score (nSPS) is 20.7. The maximum Gasteiger partial charge on any atom is 0.252 e. The molecule has 7 nitrogen and oxygen atoms in total. The number of hydrogen-bond acceptors (Lipinski definition) is 5. The number of hydrogen-bond donors (Lipinski definition) is 2. The number of guanidine groups is 1. The molecule has 1 atom stereocenters. The molecule has 1 aromatic rings. The predicted molar refractivity (Wildman–Crippen MR) is 116 cm³/mol. The molecule has 1 unspecified atom stereocenters. The summed E-state index contributed by atoms with van der Waals surface area (Å²) in [6.07, 6.45) is 2.87. The Labute approximate surface area is 173 Å². The molecule has 9 heteroatoms. The number of aliphatic imine (C=N–C) groups is 1. The minimum absolute atomic E-state index is 0.163. The second-order valence-corrected chi connectivity index (χ2v) is 10.4. The molecular formula is C19H34N4O3S2. The van der Waals surface area contributed by atoms with Gasteiger partial charge >= 0.3 is 0 Å². The predicted octanol–water partition coefficient (Wildman–Crippen LogP) is 2.45. The fraction of sp³-hybridized carbons (Fsp3) is 0.737. The van der Waals surface area contributed by atoms with Gasteiger partial charge in [0.1, 0.15) is 4.21 Å². The van der Waals surface area contributed by atoms with Gasteiger partial charge in [-0.2, -0.15) is 4.31 Å². The van der Waals surface area contributed by atoms with Gasteiger partial charge in [-0.25, -0.2) is 8.42 Å². The second-order valence-electron chi connectivity index (χ2n) is 7.08. The van der Waals surface area contributed by atoms with E-state index < -0.39 is 10.0 Å². The highest BCUT2D eigenvalue weighted by Gasteiger charge is 2.29. The van der Waals surface area contributed by atoms with Gasteiger partial charge in [0.05, 0.1) is 12.1 Å². The molecule has 0 spiro atoms. The minimum atomic E-state index is -3.37. The molecule has 0 radical (unpaired) electrons. The maximum atomic E-state index is 12.6. The molecule has 0 saturated carbocycles. The molecular weight excluding hydrogens is 396 g/mol. The highest BCUT2D eigenvalue weighted by molar-refractivity contribution is 7.91. The highest BCUT2D eigenvalue weighted by Crippen LogP contribution is 2.26. The molecule has 0 aromatic carbocycles. The lowest BCUT2D eigenvalue weighted by atomic mass is 10.0. The molecule has 0 amide bonds. The topological polar surface area (TPSA) is 83.0 Å². The van der Waals surface area contributed by atoms with Crippen LogP contribution in [0.2, 0.25) is 0 Å². The Bertz CT molecular complexity index is 736. The molecule has 1 fully saturated rings. The molecule has 1 saturated heterocycles. The van der Waals surface area contributed by atoms with E-state index in [2.05, 4.69) is 22.5 Å². The van der Waals surface area contributed by atoms with Crippen molar-refractivity contribution in [2.24, 2.45) is 4.99 Å². The summed E-state index contributed by atoms with van der Waals surface area (Å²) >= 11 is 1.35. The Morgan fingerprint density at radius 2 is 2.04 bits per heavy atom. The zero-order chi connectivity index (χ0) is 20.6. The van der Waals surface area contributed by atoms with Gasteiger partial charge in [0.2, 0.25) is 0 Å². The van der Waals surface area contributed by atoms with E-state index in [1.807, 2.05) is 26.8 Å². The van der Waals surface area contributed by atoms with E-state index >= 15 is 0 Å². The highest BCUT2D eigenvalue weighted by atomic mass is 32.2. The molecule has 2 heterocycles. The van der Waals surface area contributed by atoms with Gasteiger partial charge in [0.15, 0.2) is 5.96 Å². The number of rotatable bonds is 10. The van der Waals surface area contributed by atoms with Crippen LogP contribution >= 0.6 is 11.3 Å². The summed E-state index contributed by atoms with van der Waals surface area (Å²) in [5.41, 5.74) is -0.163. The van der Waals surface area contributed by atoms with Crippen LogP contribution in [-0.4, -0.2) is 63.6 Å². The quantitative estimate of drug-likeness (QED) is 0.440. The van der Waals surface area contributed by atoms with Crippen molar-refractivity contribution in [3.8, 4) is 0 Å². The Hall–Kier alpha value is -1.16. The average molecular weight is 431 g/mol. The lowest BCUT2D eigenvalue weighted by Crippen LogP contribution is -2.40. The third kappa shape index (κ3) is 6.17. The first-order valence-corrected chi connectivity index (χ1v) is 12.3. The van der Waals surface area contributed by atoms with Crippen LogP contribution in [0, 0.1) is 0 Å².